The number of rotatable bonds is 6. The first kappa shape index (κ1) is 18.6. The molecule has 1 atom stereocenters. The fourth-order valence-electron chi connectivity index (χ4n) is 2.47. The molecular weight excluding hydrogens is 329 g/mol. The van der Waals surface area contributed by atoms with Crippen molar-refractivity contribution in [3.8, 4) is 0 Å². The molecule has 0 aliphatic carbocycles. The first-order chi connectivity index (χ1) is 11.2. The van der Waals surface area contributed by atoms with E-state index in [1.54, 1.807) is 44.2 Å². The second-order valence-electron chi connectivity index (χ2n) is 6.01. The minimum Gasteiger partial charge on any atom is -0.372 e. The van der Waals surface area contributed by atoms with Crippen LogP contribution in [-0.4, -0.2) is 22.1 Å². The Labute approximate surface area is 142 Å². The number of methoxy groups -OCH3 is 1. The van der Waals surface area contributed by atoms with Gasteiger partial charge in [0.1, 0.15) is 11.4 Å². The lowest BCUT2D eigenvalue weighted by molar-refractivity contribution is 0.00410. The van der Waals surface area contributed by atoms with E-state index in [9.17, 15) is 12.8 Å². The highest BCUT2D eigenvalue weighted by molar-refractivity contribution is 7.89. The van der Waals surface area contributed by atoms with Gasteiger partial charge in [0, 0.05) is 19.2 Å². The summed E-state index contributed by atoms with van der Waals surface area (Å²) in [5.41, 5.74) is 0.690. The summed E-state index contributed by atoms with van der Waals surface area (Å²) < 4.78 is 47.3. The number of hydrogen-bond donors (Lipinski definition) is 1. The summed E-state index contributed by atoms with van der Waals surface area (Å²) in [6, 6.07) is 11.4. The Kier molecular flexibility index (Phi) is 5.42. The van der Waals surface area contributed by atoms with E-state index in [0.717, 1.165) is 5.56 Å². The SMILES string of the molecule is COC(C)(CNS(=O)(=O)c1cc(C)ccc1C)c1ccccc1F. The van der Waals surface area contributed by atoms with Gasteiger partial charge in [-0.05, 0) is 44.0 Å². The van der Waals surface area contributed by atoms with Crippen LogP contribution in [0.3, 0.4) is 0 Å². The molecule has 0 amide bonds. The molecular formula is C18H22FNO3S. The molecule has 4 nitrogen and oxygen atoms in total. The average molecular weight is 351 g/mol. The molecule has 1 unspecified atom stereocenters. The van der Waals surface area contributed by atoms with Crippen LogP contribution in [0, 0.1) is 19.7 Å². The third kappa shape index (κ3) is 3.83. The van der Waals surface area contributed by atoms with Gasteiger partial charge in [0.2, 0.25) is 10.0 Å². The Morgan fingerprint density at radius 2 is 1.83 bits per heavy atom. The Hall–Kier alpha value is -1.76. The van der Waals surface area contributed by atoms with E-state index in [-0.39, 0.29) is 11.4 Å². The summed E-state index contributed by atoms with van der Waals surface area (Å²) in [6.07, 6.45) is 0. The second kappa shape index (κ2) is 7.01. The van der Waals surface area contributed by atoms with Gasteiger partial charge in [0.05, 0.1) is 4.90 Å². The Morgan fingerprint density at radius 1 is 1.17 bits per heavy atom. The highest BCUT2D eigenvalue weighted by Gasteiger charge is 2.31. The second-order valence-corrected chi connectivity index (χ2v) is 7.74. The molecule has 0 saturated heterocycles. The summed E-state index contributed by atoms with van der Waals surface area (Å²) in [6.45, 7) is 5.13. The molecule has 0 aromatic heterocycles. The monoisotopic (exact) mass is 351 g/mol. The van der Waals surface area contributed by atoms with E-state index < -0.39 is 21.4 Å². The van der Waals surface area contributed by atoms with Gasteiger partial charge in [-0.15, -0.1) is 0 Å². The van der Waals surface area contributed by atoms with Crippen molar-refractivity contribution in [2.75, 3.05) is 13.7 Å². The van der Waals surface area contributed by atoms with Crippen LogP contribution in [-0.2, 0) is 20.4 Å². The molecule has 0 fully saturated rings. The number of aryl methyl sites for hydroxylation is 2. The highest BCUT2D eigenvalue weighted by Crippen LogP contribution is 2.27. The average Bonchev–Trinajstić information content (AvgIpc) is 2.55. The normalized spacial score (nSPS) is 14.4. The summed E-state index contributed by atoms with van der Waals surface area (Å²) >= 11 is 0. The molecule has 2 aromatic carbocycles. The fourth-order valence-corrected chi connectivity index (χ4v) is 3.93. The van der Waals surface area contributed by atoms with Gasteiger partial charge in [-0.2, -0.15) is 0 Å². The number of nitrogens with one attached hydrogen (secondary N) is 1. The molecule has 6 heteroatoms. The fraction of sp³-hybridized carbons (Fsp3) is 0.333. The van der Waals surface area contributed by atoms with Crippen molar-refractivity contribution in [3.05, 3.63) is 65.0 Å². The first-order valence-corrected chi connectivity index (χ1v) is 9.05. The zero-order chi connectivity index (χ0) is 18.0. The third-order valence-corrected chi connectivity index (χ3v) is 5.67. The van der Waals surface area contributed by atoms with Crippen molar-refractivity contribution in [2.45, 2.75) is 31.3 Å². The molecule has 0 heterocycles. The quantitative estimate of drug-likeness (QED) is 0.869. The van der Waals surface area contributed by atoms with Gasteiger partial charge in [-0.1, -0.05) is 30.3 Å². The maximum absolute atomic E-state index is 14.1. The summed E-state index contributed by atoms with van der Waals surface area (Å²) in [5, 5.41) is 0. The molecule has 0 aliphatic heterocycles. The lowest BCUT2D eigenvalue weighted by Crippen LogP contribution is -2.40. The molecule has 2 rings (SSSR count). The Balaban J connectivity index is 2.30. The molecule has 2 aromatic rings. The van der Waals surface area contributed by atoms with Crippen molar-refractivity contribution in [1.82, 2.24) is 4.72 Å². The van der Waals surface area contributed by atoms with Gasteiger partial charge in [0.15, 0.2) is 0 Å². The van der Waals surface area contributed by atoms with Gasteiger partial charge in [-0.3, -0.25) is 0 Å². The predicted molar refractivity (Wildman–Crippen MR) is 91.9 cm³/mol. The van der Waals surface area contributed by atoms with E-state index in [1.165, 1.54) is 13.2 Å². The molecule has 130 valence electrons. The Bertz CT molecular complexity index is 836. The van der Waals surface area contributed by atoms with Crippen LogP contribution in [0.15, 0.2) is 47.4 Å². The third-order valence-electron chi connectivity index (χ3n) is 4.13. The van der Waals surface area contributed by atoms with Gasteiger partial charge in [-0.25, -0.2) is 17.5 Å². The lowest BCUT2D eigenvalue weighted by atomic mass is 9.95. The van der Waals surface area contributed by atoms with Crippen LogP contribution in [0.1, 0.15) is 23.6 Å². The molecule has 0 saturated carbocycles. The summed E-state index contributed by atoms with van der Waals surface area (Å²) in [4.78, 5) is 0.217. The molecule has 0 aliphatic rings. The van der Waals surface area contributed by atoms with Crippen molar-refractivity contribution < 1.29 is 17.5 Å². The number of ether oxygens (including phenoxy) is 1. The van der Waals surface area contributed by atoms with E-state index in [2.05, 4.69) is 4.72 Å². The van der Waals surface area contributed by atoms with Crippen molar-refractivity contribution in [3.63, 3.8) is 0 Å². The zero-order valence-electron chi connectivity index (χ0n) is 14.3. The minimum absolute atomic E-state index is 0.0832. The van der Waals surface area contributed by atoms with E-state index in [0.29, 0.717) is 11.1 Å². The smallest absolute Gasteiger partial charge is 0.240 e. The molecule has 0 radical (unpaired) electrons. The van der Waals surface area contributed by atoms with E-state index in [1.807, 2.05) is 13.0 Å². The summed E-state index contributed by atoms with van der Waals surface area (Å²) in [5.74, 6) is -0.437. The standard InChI is InChI=1S/C18H22FNO3S/c1-13-9-10-14(2)17(11-13)24(21,22)20-12-18(3,23-4)15-7-5-6-8-16(15)19/h5-11,20H,12H2,1-4H3. The predicted octanol–water partition coefficient (Wildman–Crippen LogP) is 3.28. The minimum atomic E-state index is -3.73. The van der Waals surface area contributed by atoms with E-state index in [4.69, 9.17) is 4.74 Å². The van der Waals surface area contributed by atoms with Gasteiger partial charge in [0.25, 0.3) is 0 Å². The molecule has 24 heavy (non-hydrogen) atoms. The topological polar surface area (TPSA) is 55.4 Å². The zero-order valence-corrected chi connectivity index (χ0v) is 15.1. The molecule has 0 bridgehead atoms. The van der Waals surface area contributed by atoms with Crippen molar-refractivity contribution >= 4 is 10.0 Å². The number of hydrogen-bond acceptors (Lipinski definition) is 3. The first-order valence-electron chi connectivity index (χ1n) is 7.57. The van der Waals surface area contributed by atoms with Crippen LogP contribution in [0.2, 0.25) is 0 Å². The van der Waals surface area contributed by atoms with E-state index >= 15 is 0 Å². The maximum Gasteiger partial charge on any atom is 0.240 e. The molecule has 0 spiro atoms. The largest absolute Gasteiger partial charge is 0.372 e. The number of benzene rings is 2. The van der Waals surface area contributed by atoms with Crippen LogP contribution >= 0.6 is 0 Å². The van der Waals surface area contributed by atoms with Crippen molar-refractivity contribution in [1.29, 1.82) is 0 Å². The van der Waals surface area contributed by atoms with Crippen LogP contribution in [0.25, 0.3) is 0 Å². The molecule has 1 N–H and O–H groups in total. The maximum atomic E-state index is 14.1. The van der Waals surface area contributed by atoms with Gasteiger partial charge < -0.3 is 4.74 Å². The van der Waals surface area contributed by atoms with Crippen molar-refractivity contribution in [2.24, 2.45) is 0 Å². The lowest BCUT2D eigenvalue weighted by Gasteiger charge is -2.29. The van der Waals surface area contributed by atoms with Crippen LogP contribution < -0.4 is 4.72 Å². The highest BCUT2D eigenvalue weighted by atomic mass is 32.2. The van der Waals surface area contributed by atoms with Gasteiger partial charge >= 0.3 is 0 Å². The summed E-state index contributed by atoms with van der Waals surface area (Å²) in [7, 11) is -2.30. The number of sulfonamides is 1. The van der Waals surface area contributed by atoms with Crippen LogP contribution in [0.4, 0.5) is 4.39 Å². The number of halogens is 1. The van der Waals surface area contributed by atoms with Crippen LogP contribution in [0.5, 0.6) is 0 Å². The Morgan fingerprint density at radius 3 is 2.46 bits per heavy atom.